The molecule has 2 amide bonds. The van der Waals surface area contributed by atoms with Crippen LogP contribution in [0.2, 0.25) is 0 Å². The normalized spacial score (nSPS) is 10.4. The molecule has 2 aromatic rings. The number of hydrogen-bond donors (Lipinski definition) is 2. The first-order valence-electron chi connectivity index (χ1n) is 5.65. The third kappa shape index (κ3) is 4.56. The van der Waals surface area contributed by atoms with Crippen molar-refractivity contribution in [2.24, 2.45) is 0 Å². The third-order valence-electron chi connectivity index (χ3n) is 2.27. The topological polar surface area (TPSA) is 54.0 Å². The second-order valence-corrected chi connectivity index (χ2v) is 4.61. The molecule has 0 saturated carbocycles. The van der Waals surface area contributed by atoms with E-state index in [1.165, 1.54) is 0 Å². The molecule has 0 aliphatic heterocycles. The summed E-state index contributed by atoms with van der Waals surface area (Å²) in [6.07, 6.45) is 5.01. The highest BCUT2D eigenvalue weighted by Gasteiger charge is 1.98. The number of amides is 2. The number of nitrogens with zero attached hydrogens (tertiary/aromatic N) is 1. The molecule has 96 valence electrons. The molecule has 1 heterocycles. The minimum Gasteiger partial charge on any atom is -0.314 e. The summed E-state index contributed by atoms with van der Waals surface area (Å²) < 4.78 is 1.02. The summed E-state index contributed by atoms with van der Waals surface area (Å²) in [5.74, 6) is 0.511. The van der Waals surface area contributed by atoms with Gasteiger partial charge in [0.05, 0.1) is 0 Å². The SMILES string of the molecule is O=C(N/C=C/c1ccc(Br)cc1)Nc1ccccn1. The molecule has 0 spiro atoms. The summed E-state index contributed by atoms with van der Waals surface area (Å²) in [5.41, 5.74) is 1.00. The van der Waals surface area contributed by atoms with Crippen LogP contribution in [0.3, 0.4) is 0 Å². The van der Waals surface area contributed by atoms with Crippen LogP contribution in [0.1, 0.15) is 5.56 Å². The van der Waals surface area contributed by atoms with Crippen molar-refractivity contribution in [2.45, 2.75) is 0 Å². The molecule has 0 atom stereocenters. The number of aromatic nitrogens is 1. The Balaban J connectivity index is 1.85. The van der Waals surface area contributed by atoms with E-state index in [4.69, 9.17) is 0 Å². The molecular formula is C14H12BrN3O. The van der Waals surface area contributed by atoms with Crippen LogP contribution in [0.4, 0.5) is 10.6 Å². The van der Waals surface area contributed by atoms with Crippen molar-refractivity contribution in [3.63, 3.8) is 0 Å². The number of halogens is 1. The van der Waals surface area contributed by atoms with Crippen LogP contribution in [0.5, 0.6) is 0 Å². The molecule has 1 aromatic carbocycles. The Morgan fingerprint density at radius 1 is 1.16 bits per heavy atom. The fourth-order valence-electron chi connectivity index (χ4n) is 1.38. The summed E-state index contributed by atoms with van der Waals surface area (Å²) in [7, 11) is 0. The van der Waals surface area contributed by atoms with Crippen LogP contribution in [0.15, 0.2) is 59.3 Å². The second kappa shape index (κ2) is 6.70. The predicted octanol–water partition coefficient (Wildman–Crippen LogP) is 3.64. The van der Waals surface area contributed by atoms with Crippen LogP contribution in [-0.2, 0) is 0 Å². The molecule has 0 saturated heterocycles. The largest absolute Gasteiger partial charge is 0.324 e. The molecule has 0 fully saturated rings. The van der Waals surface area contributed by atoms with Crippen molar-refractivity contribution < 1.29 is 4.79 Å². The summed E-state index contributed by atoms with van der Waals surface area (Å²) in [5, 5.41) is 5.23. The van der Waals surface area contributed by atoms with Crippen molar-refractivity contribution in [3.05, 3.63) is 64.9 Å². The van der Waals surface area contributed by atoms with Gasteiger partial charge in [-0.05, 0) is 35.9 Å². The number of benzene rings is 1. The average Bonchev–Trinajstić information content (AvgIpc) is 2.42. The quantitative estimate of drug-likeness (QED) is 0.908. The molecule has 0 radical (unpaired) electrons. The van der Waals surface area contributed by atoms with Crippen molar-refractivity contribution in [1.29, 1.82) is 0 Å². The average molecular weight is 318 g/mol. The molecule has 1 aromatic heterocycles. The standard InChI is InChI=1S/C14H12BrN3O/c15-12-6-4-11(5-7-12)8-10-17-14(19)18-13-3-1-2-9-16-13/h1-10H,(H2,16,17,18,19)/b10-8+. The first-order valence-corrected chi connectivity index (χ1v) is 6.44. The van der Waals surface area contributed by atoms with Gasteiger partial charge in [0, 0.05) is 16.9 Å². The number of hydrogen-bond acceptors (Lipinski definition) is 2. The van der Waals surface area contributed by atoms with Crippen LogP contribution in [0.25, 0.3) is 6.08 Å². The van der Waals surface area contributed by atoms with E-state index >= 15 is 0 Å². The lowest BCUT2D eigenvalue weighted by molar-refractivity contribution is 0.255. The first-order chi connectivity index (χ1) is 9.24. The molecule has 0 bridgehead atoms. The Morgan fingerprint density at radius 3 is 2.63 bits per heavy atom. The van der Waals surface area contributed by atoms with Crippen molar-refractivity contribution in [3.8, 4) is 0 Å². The van der Waals surface area contributed by atoms with Crippen molar-refractivity contribution in [2.75, 3.05) is 5.32 Å². The second-order valence-electron chi connectivity index (χ2n) is 3.70. The van der Waals surface area contributed by atoms with Crippen LogP contribution in [0, 0.1) is 0 Å². The number of urea groups is 1. The molecule has 19 heavy (non-hydrogen) atoms. The predicted molar refractivity (Wildman–Crippen MR) is 79.6 cm³/mol. The van der Waals surface area contributed by atoms with E-state index in [9.17, 15) is 4.79 Å². The van der Waals surface area contributed by atoms with E-state index < -0.39 is 0 Å². The maximum absolute atomic E-state index is 11.5. The Labute approximate surface area is 119 Å². The van der Waals surface area contributed by atoms with Crippen molar-refractivity contribution >= 4 is 33.9 Å². The molecular weight excluding hydrogens is 306 g/mol. The highest BCUT2D eigenvalue weighted by Crippen LogP contribution is 2.11. The number of pyridine rings is 1. The Bertz CT molecular complexity index is 567. The van der Waals surface area contributed by atoms with Gasteiger partial charge >= 0.3 is 6.03 Å². The molecule has 2 N–H and O–H groups in total. The van der Waals surface area contributed by atoms with Gasteiger partial charge in [0.2, 0.25) is 0 Å². The molecule has 0 unspecified atom stereocenters. The third-order valence-corrected chi connectivity index (χ3v) is 2.80. The van der Waals surface area contributed by atoms with E-state index in [2.05, 4.69) is 31.5 Å². The zero-order chi connectivity index (χ0) is 13.5. The number of anilines is 1. The van der Waals surface area contributed by atoms with Gasteiger partial charge in [-0.15, -0.1) is 0 Å². The number of carbonyl (C=O) groups is 1. The number of rotatable bonds is 3. The van der Waals surface area contributed by atoms with E-state index in [0.29, 0.717) is 5.82 Å². The summed E-state index contributed by atoms with van der Waals surface area (Å²) in [6.45, 7) is 0. The van der Waals surface area contributed by atoms with Gasteiger partial charge < -0.3 is 5.32 Å². The monoisotopic (exact) mass is 317 g/mol. The van der Waals surface area contributed by atoms with Gasteiger partial charge in [0.1, 0.15) is 5.82 Å². The zero-order valence-corrected chi connectivity index (χ0v) is 11.6. The molecule has 4 nitrogen and oxygen atoms in total. The van der Waals surface area contributed by atoms with Crippen LogP contribution >= 0.6 is 15.9 Å². The highest BCUT2D eigenvalue weighted by molar-refractivity contribution is 9.10. The minimum atomic E-state index is -0.327. The fraction of sp³-hybridized carbons (Fsp3) is 0. The molecule has 0 aliphatic rings. The Hall–Kier alpha value is -2.14. The first kappa shape index (κ1) is 13.3. The molecule has 0 aliphatic carbocycles. The minimum absolute atomic E-state index is 0.327. The van der Waals surface area contributed by atoms with Gasteiger partial charge in [-0.3, -0.25) is 5.32 Å². The molecule has 2 rings (SSSR count). The van der Waals surface area contributed by atoms with Crippen molar-refractivity contribution in [1.82, 2.24) is 10.3 Å². The lowest BCUT2D eigenvalue weighted by Crippen LogP contribution is -2.24. The maximum Gasteiger partial charge on any atom is 0.324 e. The summed E-state index contributed by atoms with van der Waals surface area (Å²) in [4.78, 5) is 15.5. The van der Waals surface area contributed by atoms with Gasteiger partial charge in [0.15, 0.2) is 0 Å². The van der Waals surface area contributed by atoms with Gasteiger partial charge in [0.25, 0.3) is 0 Å². The smallest absolute Gasteiger partial charge is 0.314 e. The lowest BCUT2D eigenvalue weighted by Gasteiger charge is -2.02. The highest BCUT2D eigenvalue weighted by atomic mass is 79.9. The Morgan fingerprint density at radius 2 is 1.95 bits per heavy atom. The summed E-state index contributed by atoms with van der Waals surface area (Å²) >= 11 is 3.36. The lowest BCUT2D eigenvalue weighted by atomic mass is 10.2. The number of nitrogens with one attached hydrogen (secondary N) is 2. The van der Waals surface area contributed by atoms with E-state index in [0.717, 1.165) is 10.0 Å². The van der Waals surface area contributed by atoms with Gasteiger partial charge in [-0.2, -0.15) is 0 Å². The molecule has 5 heteroatoms. The van der Waals surface area contributed by atoms with Crippen LogP contribution < -0.4 is 10.6 Å². The van der Waals surface area contributed by atoms with E-state index in [1.807, 2.05) is 30.3 Å². The van der Waals surface area contributed by atoms with Gasteiger partial charge in [-0.1, -0.05) is 34.1 Å². The van der Waals surface area contributed by atoms with Crippen LogP contribution in [-0.4, -0.2) is 11.0 Å². The maximum atomic E-state index is 11.5. The zero-order valence-electron chi connectivity index (χ0n) is 10.0. The fourth-order valence-corrected chi connectivity index (χ4v) is 1.64. The Kier molecular flexibility index (Phi) is 4.69. The van der Waals surface area contributed by atoms with Gasteiger partial charge in [-0.25, -0.2) is 9.78 Å². The summed E-state index contributed by atoms with van der Waals surface area (Å²) in [6, 6.07) is 12.8. The number of carbonyl (C=O) groups excluding carboxylic acids is 1. The van der Waals surface area contributed by atoms with E-state index in [-0.39, 0.29) is 6.03 Å². The van der Waals surface area contributed by atoms with E-state index in [1.54, 1.807) is 30.6 Å².